The highest BCUT2D eigenvalue weighted by molar-refractivity contribution is 7.92. The molecule has 124 valence electrons. The highest BCUT2D eigenvalue weighted by Crippen LogP contribution is 2.26. The van der Waals surface area contributed by atoms with Crippen molar-refractivity contribution in [3.05, 3.63) is 53.8 Å². The van der Waals surface area contributed by atoms with E-state index >= 15 is 0 Å². The normalized spacial score (nSPS) is 12.0. The fraction of sp³-hybridized carbons (Fsp3) is 0.143. The van der Waals surface area contributed by atoms with Crippen molar-refractivity contribution >= 4 is 15.7 Å². The molecule has 0 atom stereocenters. The standard InChI is InChI=1S/C14H11F4NO3S/c1-9-7-10(15)5-6-13(9)19-23(20,21)12-4-2-3-11(8-12)22-14(16,17)18/h2-8,19H,1H3. The monoisotopic (exact) mass is 349 g/mol. The number of nitrogens with one attached hydrogen (secondary N) is 1. The summed E-state index contributed by atoms with van der Waals surface area (Å²) in [5, 5.41) is 0. The molecule has 0 aliphatic carbocycles. The van der Waals surface area contributed by atoms with E-state index in [4.69, 9.17) is 0 Å². The molecule has 4 nitrogen and oxygen atoms in total. The van der Waals surface area contributed by atoms with Crippen molar-refractivity contribution in [2.24, 2.45) is 0 Å². The van der Waals surface area contributed by atoms with Crippen molar-refractivity contribution < 1.29 is 30.7 Å². The zero-order chi connectivity index (χ0) is 17.3. The van der Waals surface area contributed by atoms with E-state index in [0.717, 1.165) is 36.4 Å². The minimum absolute atomic E-state index is 0.119. The van der Waals surface area contributed by atoms with E-state index in [-0.39, 0.29) is 5.69 Å². The highest BCUT2D eigenvalue weighted by atomic mass is 32.2. The Morgan fingerprint density at radius 1 is 1.09 bits per heavy atom. The minimum Gasteiger partial charge on any atom is -0.406 e. The van der Waals surface area contributed by atoms with Crippen LogP contribution in [0.25, 0.3) is 0 Å². The van der Waals surface area contributed by atoms with Crippen LogP contribution in [0.15, 0.2) is 47.4 Å². The number of sulfonamides is 1. The second-order valence-corrected chi connectivity index (χ2v) is 6.27. The van der Waals surface area contributed by atoms with E-state index in [0.29, 0.717) is 5.56 Å². The molecule has 0 amide bonds. The number of alkyl halides is 3. The largest absolute Gasteiger partial charge is 0.573 e. The first-order valence-corrected chi connectivity index (χ1v) is 7.70. The second-order valence-electron chi connectivity index (χ2n) is 4.59. The quantitative estimate of drug-likeness (QED) is 0.854. The number of rotatable bonds is 4. The lowest BCUT2D eigenvalue weighted by atomic mass is 10.2. The molecule has 2 aromatic carbocycles. The smallest absolute Gasteiger partial charge is 0.406 e. The number of ether oxygens (including phenoxy) is 1. The van der Waals surface area contributed by atoms with Crippen molar-refractivity contribution in [1.29, 1.82) is 0 Å². The van der Waals surface area contributed by atoms with Crippen LogP contribution < -0.4 is 9.46 Å². The fourth-order valence-corrected chi connectivity index (χ4v) is 2.95. The van der Waals surface area contributed by atoms with Gasteiger partial charge in [0.1, 0.15) is 11.6 Å². The van der Waals surface area contributed by atoms with Gasteiger partial charge < -0.3 is 4.74 Å². The predicted octanol–water partition coefficient (Wildman–Crippen LogP) is 3.83. The first kappa shape index (κ1) is 17.1. The molecule has 0 saturated carbocycles. The topological polar surface area (TPSA) is 55.4 Å². The Hall–Kier alpha value is -2.29. The molecule has 0 radical (unpaired) electrons. The first-order chi connectivity index (χ1) is 10.6. The van der Waals surface area contributed by atoms with Crippen molar-refractivity contribution in [2.75, 3.05) is 4.72 Å². The van der Waals surface area contributed by atoms with Gasteiger partial charge in [0.25, 0.3) is 10.0 Å². The Bertz CT molecular complexity index is 819. The van der Waals surface area contributed by atoms with Crippen molar-refractivity contribution in [3.8, 4) is 5.75 Å². The molecule has 0 spiro atoms. The molecular formula is C14H11F4NO3S. The zero-order valence-electron chi connectivity index (χ0n) is 11.7. The molecule has 1 N–H and O–H groups in total. The maximum absolute atomic E-state index is 13.0. The SMILES string of the molecule is Cc1cc(F)ccc1NS(=O)(=O)c1cccc(OC(F)(F)F)c1. The molecule has 0 saturated heterocycles. The van der Waals surface area contributed by atoms with E-state index in [1.807, 2.05) is 0 Å². The summed E-state index contributed by atoms with van der Waals surface area (Å²) >= 11 is 0. The summed E-state index contributed by atoms with van der Waals surface area (Å²) in [5.41, 5.74) is 0.449. The van der Waals surface area contributed by atoms with Crippen LogP contribution in [-0.4, -0.2) is 14.8 Å². The maximum atomic E-state index is 13.0. The Balaban J connectivity index is 2.31. The summed E-state index contributed by atoms with van der Waals surface area (Å²) < 4.78 is 79.9. The number of halogens is 4. The predicted molar refractivity (Wildman–Crippen MR) is 75.1 cm³/mol. The fourth-order valence-electron chi connectivity index (χ4n) is 1.78. The van der Waals surface area contributed by atoms with Gasteiger partial charge in [-0.3, -0.25) is 4.72 Å². The Labute approximate surface area is 129 Å². The Morgan fingerprint density at radius 2 is 1.78 bits per heavy atom. The molecule has 0 unspecified atom stereocenters. The molecule has 9 heteroatoms. The van der Waals surface area contributed by atoms with Gasteiger partial charge in [-0.05, 0) is 42.8 Å². The molecule has 0 aromatic heterocycles. The van der Waals surface area contributed by atoms with Crippen LogP contribution in [-0.2, 0) is 10.0 Å². The lowest BCUT2D eigenvalue weighted by molar-refractivity contribution is -0.274. The van der Waals surface area contributed by atoms with Crippen LogP contribution in [0.3, 0.4) is 0 Å². The van der Waals surface area contributed by atoms with Gasteiger partial charge in [0.15, 0.2) is 0 Å². The van der Waals surface area contributed by atoms with Crippen LogP contribution in [0.2, 0.25) is 0 Å². The lowest BCUT2D eigenvalue weighted by Gasteiger charge is -2.12. The van der Waals surface area contributed by atoms with Crippen LogP contribution in [0, 0.1) is 12.7 Å². The van der Waals surface area contributed by atoms with Gasteiger partial charge in [-0.15, -0.1) is 13.2 Å². The second kappa shape index (κ2) is 6.07. The maximum Gasteiger partial charge on any atom is 0.573 e. The van der Waals surface area contributed by atoms with Gasteiger partial charge in [0.05, 0.1) is 10.6 Å². The summed E-state index contributed by atoms with van der Waals surface area (Å²) in [6.07, 6.45) is -4.93. The van der Waals surface area contributed by atoms with Gasteiger partial charge in [0.2, 0.25) is 0 Å². The van der Waals surface area contributed by atoms with E-state index in [2.05, 4.69) is 9.46 Å². The number of hydrogen-bond donors (Lipinski definition) is 1. The van der Waals surface area contributed by atoms with Gasteiger partial charge in [-0.2, -0.15) is 0 Å². The highest BCUT2D eigenvalue weighted by Gasteiger charge is 2.31. The zero-order valence-corrected chi connectivity index (χ0v) is 12.5. The van der Waals surface area contributed by atoms with E-state index < -0.39 is 32.8 Å². The number of anilines is 1. The molecule has 0 bridgehead atoms. The average molecular weight is 349 g/mol. The number of aryl methyl sites for hydroxylation is 1. The summed E-state index contributed by atoms with van der Waals surface area (Å²) in [6.45, 7) is 1.49. The van der Waals surface area contributed by atoms with Crippen LogP contribution >= 0.6 is 0 Å². The molecule has 2 rings (SSSR count). The van der Waals surface area contributed by atoms with E-state index in [1.54, 1.807) is 0 Å². The van der Waals surface area contributed by atoms with Gasteiger partial charge in [0, 0.05) is 6.07 Å². The summed E-state index contributed by atoms with van der Waals surface area (Å²) in [6, 6.07) is 7.37. The van der Waals surface area contributed by atoms with Crippen molar-refractivity contribution in [2.45, 2.75) is 18.2 Å². The van der Waals surface area contributed by atoms with Crippen LogP contribution in [0.4, 0.5) is 23.2 Å². The van der Waals surface area contributed by atoms with E-state index in [1.165, 1.54) is 13.0 Å². The first-order valence-electron chi connectivity index (χ1n) is 6.22. The molecule has 0 aliphatic rings. The third-order valence-electron chi connectivity index (χ3n) is 2.78. The van der Waals surface area contributed by atoms with Gasteiger partial charge in [-0.1, -0.05) is 6.07 Å². The van der Waals surface area contributed by atoms with Gasteiger partial charge >= 0.3 is 6.36 Å². The molecule has 0 heterocycles. The lowest BCUT2D eigenvalue weighted by Crippen LogP contribution is -2.18. The summed E-state index contributed by atoms with van der Waals surface area (Å²) in [4.78, 5) is -0.414. The Kier molecular flexibility index (Phi) is 4.51. The van der Waals surface area contributed by atoms with Crippen LogP contribution in [0.5, 0.6) is 5.75 Å². The molecule has 23 heavy (non-hydrogen) atoms. The van der Waals surface area contributed by atoms with Crippen LogP contribution in [0.1, 0.15) is 5.56 Å². The van der Waals surface area contributed by atoms with Crippen molar-refractivity contribution in [3.63, 3.8) is 0 Å². The molecule has 0 fully saturated rings. The number of benzene rings is 2. The molecular weight excluding hydrogens is 338 g/mol. The minimum atomic E-state index is -4.93. The van der Waals surface area contributed by atoms with E-state index in [9.17, 15) is 26.0 Å². The third-order valence-corrected chi connectivity index (χ3v) is 4.15. The van der Waals surface area contributed by atoms with Gasteiger partial charge in [-0.25, -0.2) is 12.8 Å². The summed E-state index contributed by atoms with van der Waals surface area (Å²) in [7, 11) is -4.15. The van der Waals surface area contributed by atoms with Crippen molar-refractivity contribution in [1.82, 2.24) is 0 Å². The molecule has 2 aromatic rings. The summed E-state index contributed by atoms with van der Waals surface area (Å²) in [5.74, 6) is -1.19. The third kappa shape index (κ3) is 4.59. The Morgan fingerprint density at radius 3 is 2.39 bits per heavy atom. The average Bonchev–Trinajstić information content (AvgIpc) is 2.40. The molecule has 0 aliphatic heterocycles. The number of hydrogen-bond acceptors (Lipinski definition) is 3.